The summed E-state index contributed by atoms with van der Waals surface area (Å²) in [4.78, 5) is 11.7. The standard InChI is InChI=1S/C16H17NO3/c18-12-15(14-9-5-2-6-10-14)20-16(19)17-11-13-7-3-1-4-8-13/h1-10,15,18H,11-12H2,(H,17,19). The van der Waals surface area contributed by atoms with Gasteiger partial charge in [0.1, 0.15) is 0 Å². The van der Waals surface area contributed by atoms with Gasteiger partial charge < -0.3 is 15.2 Å². The molecular weight excluding hydrogens is 254 g/mol. The zero-order valence-corrected chi connectivity index (χ0v) is 11.0. The van der Waals surface area contributed by atoms with Gasteiger partial charge in [-0.05, 0) is 11.1 Å². The van der Waals surface area contributed by atoms with Gasteiger partial charge in [0.25, 0.3) is 0 Å². The van der Waals surface area contributed by atoms with Crippen molar-refractivity contribution >= 4 is 6.09 Å². The van der Waals surface area contributed by atoms with Gasteiger partial charge in [-0.1, -0.05) is 60.7 Å². The van der Waals surface area contributed by atoms with Crippen LogP contribution in [0.1, 0.15) is 17.2 Å². The van der Waals surface area contributed by atoms with Crippen molar-refractivity contribution in [1.82, 2.24) is 5.32 Å². The number of aliphatic hydroxyl groups excluding tert-OH is 1. The highest BCUT2D eigenvalue weighted by Gasteiger charge is 2.15. The topological polar surface area (TPSA) is 58.6 Å². The molecule has 1 unspecified atom stereocenters. The number of hydrogen-bond acceptors (Lipinski definition) is 3. The number of nitrogens with one attached hydrogen (secondary N) is 1. The van der Waals surface area contributed by atoms with Gasteiger partial charge in [0, 0.05) is 6.54 Å². The lowest BCUT2D eigenvalue weighted by Gasteiger charge is -2.16. The highest BCUT2D eigenvalue weighted by molar-refractivity contribution is 5.67. The van der Waals surface area contributed by atoms with Crippen LogP contribution in [0, 0.1) is 0 Å². The lowest BCUT2D eigenvalue weighted by Crippen LogP contribution is -2.26. The molecule has 2 rings (SSSR count). The Labute approximate surface area is 118 Å². The molecule has 0 radical (unpaired) electrons. The van der Waals surface area contributed by atoms with Crippen LogP contribution in [0.25, 0.3) is 0 Å². The largest absolute Gasteiger partial charge is 0.439 e. The Morgan fingerprint density at radius 3 is 2.25 bits per heavy atom. The molecule has 0 bridgehead atoms. The van der Waals surface area contributed by atoms with E-state index in [2.05, 4.69) is 5.32 Å². The van der Waals surface area contributed by atoms with Crippen molar-refractivity contribution in [2.24, 2.45) is 0 Å². The molecule has 4 heteroatoms. The molecule has 0 saturated carbocycles. The summed E-state index contributed by atoms with van der Waals surface area (Å²) in [5, 5.41) is 12.0. The first kappa shape index (κ1) is 14.1. The summed E-state index contributed by atoms with van der Waals surface area (Å²) >= 11 is 0. The summed E-state index contributed by atoms with van der Waals surface area (Å²) in [7, 11) is 0. The average Bonchev–Trinajstić information content (AvgIpc) is 2.52. The van der Waals surface area contributed by atoms with Crippen molar-refractivity contribution in [3.8, 4) is 0 Å². The molecule has 0 saturated heterocycles. The van der Waals surface area contributed by atoms with Gasteiger partial charge in [-0.2, -0.15) is 0 Å². The second-order valence-electron chi connectivity index (χ2n) is 4.33. The summed E-state index contributed by atoms with van der Waals surface area (Å²) in [6, 6.07) is 18.7. The zero-order chi connectivity index (χ0) is 14.2. The van der Waals surface area contributed by atoms with E-state index in [1.165, 1.54) is 0 Å². The second kappa shape index (κ2) is 7.31. The van der Waals surface area contributed by atoms with Gasteiger partial charge in [0.15, 0.2) is 6.10 Å². The molecule has 0 spiro atoms. The van der Waals surface area contributed by atoms with Crippen molar-refractivity contribution in [3.63, 3.8) is 0 Å². The van der Waals surface area contributed by atoms with Crippen molar-refractivity contribution in [3.05, 3.63) is 71.8 Å². The molecule has 20 heavy (non-hydrogen) atoms. The van der Waals surface area contributed by atoms with Crippen molar-refractivity contribution in [2.75, 3.05) is 6.61 Å². The maximum atomic E-state index is 11.7. The molecular formula is C16H17NO3. The van der Waals surface area contributed by atoms with E-state index in [1.54, 1.807) is 0 Å². The molecule has 0 aliphatic heterocycles. The first-order valence-electron chi connectivity index (χ1n) is 6.44. The van der Waals surface area contributed by atoms with Crippen LogP contribution in [0.5, 0.6) is 0 Å². The van der Waals surface area contributed by atoms with E-state index >= 15 is 0 Å². The van der Waals surface area contributed by atoms with Crippen LogP contribution in [0.4, 0.5) is 4.79 Å². The van der Waals surface area contributed by atoms with Crippen LogP contribution in [0.2, 0.25) is 0 Å². The zero-order valence-electron chi connectivity index (χ0n) is 11.0. The van der Waals surface area contributed by atoms with Crippen LogP contribution < -0.4 is 5.32 Å². The fourth-order valence-corrected chi connectivity index (χ4v) is 1.82. The van der Waals surface area contributed by atoms with Crippen molar-refractivity contribution < 1.29 is 14.6 Å². The normalized spacial score (nSPS) is 11.7. The molecule has 2 aromatic carbocycles. The minimum Gasteiger partial charge on any atom is -0.439 e. The van der Waals surface area contributed by atoms with E-state index in [4.69, 9.17) is 4.74 Å². The van der Waals surface area contributed by atoms with Crippen LogP contribution in [-0.4, -0.2) is 17.8 Å². The highest BCUT2D eigenvalue weighted by atomic mass is 16.6. The molecule has 2 N–H and O–H groups in total. The molecule has 104 valence electrons. The summed E-state index contributed by atoms with van der Waals surface area (Å²) in [5.41, 5.74) is 1.76. The number of amides is 1. The molecule has 0 heterocycles. The summed E-state index contributed by atoms with van der Waals surface area (Å²) < 4.78 is 5.21. The van der Waals surface area contributed by atoms with Crippen LogP contribution in [0.3, 0.4) is 0 Å². The lowest BCUT2D eigenvalue weighted by molar-refractivity contribution is 0.0568. The fourth-order valence-electron chi connectivity index (χ4n) is 1.82. The predicted octanol–water partition coefficient (Wildman–Crippen LogP) is 2.65. The maximum absolute atomic E-state index is 11.7. The van der Waals surface area contributed by atoms with Gasteiger partial charge in [0.2, 0.25) is 0 Å². The molecule has 2 aromatic rings. The Balaban J connectivity index is 1.87. The number of carbonyl (C=O) groups excluding carboxylic acids is 1. The van der Waals surface area contributed by atoms with Gasteiger partial charge in [-0.15, -0.1) is 0 Å². The van der Waals surface area contributed by atoms with Gasteiger partial charge >= 0.3 is 6.09 Å². The molecule has 0 aromatic heterocycles. The average molecular weight is 271 g/mol. The van der Waals surface area contributed by atoms with Gasteiger partial charge in [-0.25, -0.2) is 4.79 Å². The molecule has 0 aliphatic rings. The maximum Gasteiger partial charge on any atom is 0.408 e. The number of rotatable bonds is 5. The first-order valence-corrected chi connectivity index (χ1v) is 6.44. The molecule has 1 amide bonds. The highest BCUT2D eigenvalue weighted by Crippen LogP contribution is 2.16. The lowest BCUT2D eigenvalue weighted by atomic mass is 10.1. The Hall–Kier alpha value is -2.33. The third kappa shape index (κ3) is 4.10. The van der Waals surface area contributed by atoms with E-state index in [1.807, 2.05) is 60.7 Å². The van der Waals surface area contributed by atoms with Gasteiger partial charge in [-0.3, -0.25) is 0 Å². The Morgan fingerprint density at radius 1 is 1.05 bits per heavy atom. The quantitative estimate of drug-likeness (QED) is 0.879. The minimum absolute atomic E-state index is 0.247. The molecule has 4 nitrogen and oxygen atoms in total. The number of benzene rings is 2. The van der Waals surface area contributed by atoms with E-state index in [0.29, 0.717) is 6.54 Å². The van der Waals surface area contributed by atoms with E-state index in [9.17, 15) is 9.90 Å². The first-order chi connectivity index (χ1) is 9.79. The van der Waals surface area contributed by atoms with E-state index in [-0.39, 0.29) is 6.61 Å². The fraction of sp³-hybridized carbons (Fsp3) is 0.188. The molecule has 1 atom stereocenters. The van der Waals surface area contributed by atoms with Crippen LogP contribution >= 0.6 is 0 Å². The minimum atomic E-state index is -0.646. The summed E-state index contributed by atoms with van der Waals surface area (Å²) in [6.45, 7) is 0.148. The van der Waals surface area contributed by atoms with Crippen molar-refractivity contribution in [2.45, 2.75) is 12.6 Å². The third-order valence-corrected chi connectivity index (χ3v) is 2.87. The Bertz CT molecular complexity index is 528. The monoisotopic (exact) mass is 271 g/mol. The number of carbonyl (C=O) groups is 1. The smallest absolute Gasteiger partial charge is 0.408 e. The number of aliphatic hydroxyl groups is 1. The number of ether oxygens (including phenoxy) is 1. The number of hydrogen-bond donors (Lipinski definition) is 2. The summed E-state index contributed by atoms with van der Waals surface area (Å²) in [6.07, 6.45) is -1.19. The third-order valence-electron chi connectivity index (χ3n) is 2.87. The molecule has 0 fully saturated rings. The Kier molecular flexibility index (Phi) is 5.15. The van der Waals surface area contributed by atoms with Crippen LogP contribution in [0.15, 0.2) is 60.7 Å². The number of alkyl carbamates (subject to hydrolysis) is 1. The van der Waals surface area contributed by atoms with E-state index < -0.39 is 12.2 Å². The van der Waals surface area contributed by atoms with E-state index in [0.717, 1.165) is 11.1 Å². The van der Waals surface area contributed by atoms with Gasteiger partial charge in [0.05, 0.1) is 6.61 Å². The van der Waals surface area contributed by atoms with Crippen molar-refractivity contribution in [1.29, 1.82) is 0 Å². The predicted molar refractivity (Wildman–Crippen MR) is 76.0 cm³/mol. The van der Waals surface area contributed by atoms with Crippen LogP contribution in [-0.2, 0) is 11.3 Å². The summed E-state index contributed by atoms with van der Waals surface area (Å²) in [5.74, 6) is 0. The molecule has 0 aliphatic carbocycles. The Morgan fingerprint density at radius 2 is 1.65 bits per heavy atom. The second-order valence-corrected chi connectivity index (χ2v) is 4.33. The SMILES string of the molecule is O=C(NCc1ccccc1)OC(CO)c1ccccc1.